The molecule has 1 aromatic carbocycles. The number of halogens is 1. The molecule has 17 heavy (non-hydrogen) atoms. The molecule has 2 N–H and O–H groups in total. The van der Waals surface area contributed by atoms with Crippen LogP contribution >= 0.6 is 0 Å². The van der Waals surface area contributed by atoms with Crippen molar-refractivity contribution >= 4 is 5.91 Å². The molecule has 2 aromatic rings. The van der Waals surface area contributed by atoms with E-state index in [1.165, 1.54) is 6.20 Å². The molecule has 1 heterocycles. The lowest BCUT2D eigenvalue weighted by molar-refractivity contribution is 0.0993. The van der Waals surface area contributed by atoms with E-state index in [0.29, 0.717) is 5.75 Å². The van der Waals surface area contributed by atoms with E-state index in [-0.39, 0.29) is 11.4 Å². The Hall–Kier alpha value is -2.43. The Balaban J connectivity index is 2.40. The fraction of sp³-hybridized carbons (Fsp3) is 0. The van der Waals surface area contributed by atoms with Gasteiger partial charge >= 0.3 is 0 Å². The van der Waals surface area contributed by atoms with Crippen molar-refractivity contribution in [2.24, 2.45) is 5.73 Å². The molecule has 0 unspecified atom stereocenters. The monoisotopic (exact) mass is 232 g/mol. The zero-order valence-electron chi connectivity index (χ0n) is 8.76. The fourth-order valence-corrected chi connectivity index (χ4v) is 1.32. The van der Waals surface area contributed by atoms with Gasteiger partial charge in [0, 0.05) is 6.20 Å². The summed E-state index contributed by atoms with van der Waals surface area (Å²) in [6, 6.07) is 9.69. The fourth-order valence-electron chi connectivity index (χ4n) is 1.32. The maximum absolute atomic E-state index is 13.4. The van der Waals surface area contributed by atoms with Crippen molar-refractivity contribution in [3.8, 4) is 11.6 Å². The van der Waals surface area contributed by atoms with Crippen LogP contribution in [0.2, 0.25) is 0 Å². The molecule has 0 fully saturated rings. The molecular formula is C12H9FN2O2. The number of carbonyl (C=O) groups is 1. The van der Waals surface area contributed by atoms with Crippen LogP contribution in [0.15, 0.2) is 42.6 Å². The van der Waals surface area contributed by atoms with Crippen LogP contribution in [0.1, 0.15) is 10.4 Å². The van der Waals surface area contributed by atoms with E-state index in [1.54, 1.807) is 30.3 Å². The topological polar surface area (TPSA) is 65.2 Å². The maximum Gasteiger partial charge on any atom is 0.257 e. The number of nitrogens with two attached hydrogens (primary N) is 1. The Labute approximate surface area is 96.9 Å². The van der Waals surface area contributed by atoms with E-state index in [4.69, 9.17) is 10.5 Å². The molecule has 2 rings (SSSR count). The summed E-state index contributed by atoms with van der Waals surface area (Å²) in [5.74, 6) is -1.35. The first kappa shape index (κ1) is 11.1. The van der Waals surface area contributed by atoms with E-state index in [2.05, 4.69) is 4.98 Å². The van der Waals surface area contributed by atoms with E-state index < -0.39 is 11.7 Å². The molecule has 0 aliphatic carbocycles. The number of pyridine rings is 1. The van der Waals surface area contributed by atoms with Crippen LogP contribution < -0.4 is 10.5 Å². The lowest BCUT2D eigenvalue weighted by Crippen LogP contribution is -2.15. The van der Waals surface area contributed by atoms with E-state index >= 15 is 0 Å². The van der Waals surface area contributed by atoms with Crippen LogP contribution in [-0.2, 0) is 0 Å². The Kier molecular flexibility index (Phi) is 3.00. The molecule has 86 valence electrons. The summed E-state index contributed by atoms with van der Waals surface area (Å²) in [5, 5.41) is 0. The first-order valence-electron chi connectivity index (χ1n) is 4.85. The number of amides is 1. The van der Waals surface area contributed by atoms with Gasteiger partial charge in [0.1, 0.15) is 17.1 Å². The van der Waals surface area contributed by atoms with Gasteiger partial charge in [-0.25, -0.2) is 9.37 Å². The van der Waals surface area contributed by atoms with Crippen molar-refractivity contribution in [1.82, 2.24) is 4.98 Å². The van der Waals surface area contributed by atoms with Gasteiger partial charge < -0.3 is 10.5 Å². The quantitative estimate of drug-likeness (QED) is 0.881. The molecule has 4 nitrogen and oxygen atoms in total. The molecule has 0 bridgehead atoms. The van der Waals surface area contributed by atoms with Gasteiger partial charge in [0.05, 0.1) is 0 Å². The number of primary amides is 1. The van der Waals surface area contributed by atoms with Gasteiger partial charge in [-0.05, 0) is 18.2 Å². The van der Waals surface area contributed by atoms with E-state index in [1.807, 2.05) is 0 Å². The summed E-state index contributed by atoms with van der Waals surface area (Å²) in [5.41, 5.74) is 4.72. The highest BCUT2D eigenvalue weighted by molar-refractivity contribution is 5.95. The third-order valence-electron chi connectivity index (χ3n) is 2.07. The summed E-state index contributed by atoms with van der Waals surface area (Å²) in [4.78, 5) is 14.9. The molecule has 0 aliphatic heterocycles. The number of nitrogens with zero attached hydrogens (tertiary/aromatic N) is 1. The molecule has 5 heteroatoms. The Bertz CT molecular complexity index is 543. The van der Waals surface area contributed by atoms with E-state index in [0.717, 1.165) is 6.07 Å². The van der Waals surface area contributed by atoms with Crippen molar-refractivity contribution in [1.29, 1.82) is 0 Å². The molecule has 0 atom stereocenters. The third-order valence-corrected chi connectivity index (χ3v) is 2.07. The van der Waals surface area contributed by atoms with Crippen molar-refractivity contribution in [3.63, 3.8) is 0 Å². The Morgan fingerprint density at radius 1 is 1.24 bits per heavy atom. The average molecular weight is 232 g/mol. The zero-order chi connectivity index (χ0) is 12.3. The summed E-state index contributed by atoms with van der Waals surface area (Å²) in [7, 11) is 0. The molecule has 0 aliphatic rings. The van der Waals surface area contributed by atoms with Crippen molar-refractivity contribution in [3.05, 3.63) is 54.0 Å². The number of rotatable bonds is 3. The highest BCUT2D eigenvalue weighted by Gasteiger charge is 2.17. The molecule has 0 radical (unpaired) electrons. The predicted octanol–water partition coefficient (Wildman–Crippen LogP) is 2.11. The number of ether oxygens (including phenoxy) is 1. The van der Waals surface area contributed by atoms with Gasteiger partial charge in [0.2, 0.25) is 5.88 Å². The lowest BCUT2D eigenvalue weighted by Gasteiger charge is -2.07. The minimum atomic E-state index is -0.915. The highest BCUT2D eigenvalue weighted by atomic mass is 19.1. The van der Waals surface area contributed by atoms with Crippen LogP contribution in [0.5, 0.6) is 11.6 Å². The summed E-state index contributed by atoms with van der Waals surface area (Å²) < 4.78 is 18.7. The first-order chi connectivity index (χ1) is 8.18. The number of aromatic nitrogens is 1. The molecule has 0 spiro atoms. The second-order valence-electron chi connectivity index (χ2n) is 3.25. The molecule has 0 saturated carbocycles. The standard InChI is InChI=1S/C12H9FN2O2/c13-9-6-7-15-12(10(9)11(14)16)17-8-4-2-1-3-5-8/h1-7H,(H2,14,16). The van der Waals surface area contributed by atoms with Gasteiger partial charge in [0.25, 0.3) is 5.91 Å². The van der Waals surface area contributed by atoms with Gasteiger partial charge in [-0.2, -0.15) is 0 Å². The molecule has 1 aromatic heterocycles. The van der Waals surface area contributed by atoms with Crippen LogP contribution in [-0.4, -0.2) is 10.9 Å². The second-order valence-corrected chi connectivity index (χ2v) is 3.25. The zero-order valence-corrected chi connectivity index (χ0v) is 8.76. The SMILES string of the molecule is NC(=O)c1c(F)ccnc1Oc1ccccc1. The van der Waals surface area contributed by atoms with E-state index in [9.17, 15) is 9.18 Å². The van der Waals surface area contributed by atoms with Gasteiger partial charge in [-0.15, -0.1) is 0 Å². The van der Waals surface area contributed by atoms with Gasteiger partial charge in [-0.1, -0.05) is 18.2 Å². The lowest BCUT2D eigenvalue weighted by atomic mass is 10.2. The number of hydrogen-bond donors (Lipinski definition) is 1. The number of hydrogen-bond acceptors (Lipinski definition) is 3. The predicted molar refractivity (Wildman–Crippen MR) is 59.2 cm³/mol. The van der Waals surface area contributed by atoms with Crippen LogP contribution in [0.25, 0.3) is 0 Å². The van der Waals surface area contributed by atoms with Crippen molar-refractivity contribution in [2.45, 2.75) is 0 Å². The number of carbonyl (C=O) groups excluding carboxylic acids is 1. The number of benzene rings is 1. The first-order valence-corrected chi connectivity index (χ1v) is 4.85. The Morgan fingerprint density at radius 3 is 2.59 bits per heavy atom. The average Bonchev–Trinajstić information content (AvgIpc) is 2.30. The molecule has 1 amide bonds. The normalized spacial score (nSPS) is 9.94. The van der Waals surface area contributed by atoms with Gasteiger partial charge in [-0.3, -0.25) is 4.79 Å². The minimum absolute atomic E-state index is 0.135. The minimum Gasteiger partial charge on any atom is -0.438 e. The third kappa shape index (κ3) is 2.39. The van der Waals surface area contributed by atoms with Gasteiger partial charge in [0.15, 0.2) is 0 Å². The second kappa shape index (κ2) is 4.61. The largest absolute Gasteiger partial charge is 0.438 e. The maximum atomic E-state index is 13.4. The number of para-hydroxylation sites is 1. The summed E-state index contributed by atoms with van der Waals surface area (Å²) >= 11 is 0. The van der Waals surface area contributed by atoms with Crippen LogP contribution in [0.4, 0.5) is 4.39 Å². The Morgan fingerprint density at radius 2 is 1.94 bits per heavy atom. The smallest absolute Gasteiger partial charge is 0.257 e. The highest BCUT2D eigenvalue weighted by Crippen LogP contribution is 2.23. The molecule has 0 saturated heterocycles. The van der Waals surface area contributed by atoms with Crippen molar-refractivity contribution in [2.75, 3.05) is 0 Å². The van der Waals surface area contributed by atoms with Crippen molar-refractivity contribution < 1.29 is 13.9 Å². The van der Waals surface area contributed by atoms with Crippen LogP contribution in [0.3, 0.4) is 0 Å². The summed E-state index contributed by atoms with van der Waals surface area (Å²) in [6.45, 7) is 0. The van der Waals surface area contributed by atoms with Crippen LogP contribution in [0, 0.1) is 5.82 Å². The molecular weight excluding hydrogens is 223 g/mol. The summed E-state index contributed by atoms with van der Waals surface area (Å²) in [6.07, 6.45) is 1.21.